The van der Waals surface area contributed by atoms with Crippen LogP contribution in [0.1, 0.15) is 13.3 Å². The summed E-state index contributed by atoms with van der Waals surface area (Å²) in [6, 6.07) is 14.0. The molecule has 1 N–H and O–H groups in total. The molecule has 0 heterocycles. The Hall–Kier alpha value is -2.73. The van der Waals surface area contributed by atoms with Crippen LogP contribution in [-0.4, -0.2) is 43.5 Å². The molecule has 144 valence electrons. The van der Waals surface area contributed by atoms with Crippen molar-refractivity contribution in [1.29, 1.82) is 0 Å². The van der Waals surface area contributed by atoms with Crippen molar-refractivity contribution >= 4 is 29.1 Å². The molecule has 2 amide bonds. The van der Waals surface area contributed by atoms with E-state index in [2.05, 4.69) is 5.32 Å². The van der Waals surface area contributed by atoms with E-state index in [1.165, 1.54) is 4.90 Å². The molecule has 0 aliphatic rings. The Bertz CT molecular complexity index is 782. The van der Waals surface area contributed by atoms with Gasteiger partial charge in [-0.2, -0.15) is 0 Å². The van der Waals surface area contributed by atoms with E-state index in [4.69, 9.17) is 21.1 Å². The summed E-state index contributed by atoms with van der Waals surface area (Å²) < 4.78 is 10.7. The fourth-order valence-corrected chi connectivity index (χ4v) is 2.60. The predicted molar refractivity (Wildman–Crippen MR) is 105 cm³/mol. The van der Waals surface area contributed by atoms with E-state index in [0.717, 1.165) is 0 Å². The number of benzene rings is 2. The average Bonchev–Trinajstić information content (AvgIpc) is 2.66. The Morgan fingerprint density at radius 1 is 1.11 bits per heavy atom. The van der Waals surface area contributed by atoms with Gasteiger partial charge in [-0.05, 0) is 37.3 Å². The van der Waals surface area contributed by atoms with E-state index in [0.29, 0.717) is 28.8 Å². The Kier molecular flexibility index (Phi) is 7.95. The fraction of sp³-hybridized carbons (Fsp3) is 0.300. The van der Waals surface area contributed by atoms with E-state index < -0.39 is 0 Å². The summed E-state index contributed by atoms with van der Waals surface area (Å²) in [4.78, 5) is 26.0. The highest BCUT2D eigenvalue weighted by Gasteiger charge is 2.16. The standard InChI is InChI=1S/C20H23ClN2O4/c1-3-23(14-19(24)22-16-7-5-8-17(13-16)26-2)20(25)10-11-27-18-9-4-6-15(21)12-18/h4-9,12-13H,3,10-11,14H2,1-2H3,(H,22,24). The van der Waals surface area contributed by atoms with Gasteiger partial charge in [0.05, 0.1) is 26.7 Å². The molecule has 0 fully saturated rings. The van der Waals surface area contributed by atoms with Crippen LogP contribution in [0.25, 0.3) is 0 Å². The Morgan fingerprint density at radius 2 is 1.85 bits per heavy atom. The van der Waals surface area contributed by atoms with E-state index in [1.807, 2.05) is 6.92 Å². The van der Waals surface area contributed by atoms with Gasteiger partial charge in [0, 0.05) is 23.3 Å². The predicted octanol–water partition coefficient (Wildman–Crippen LogP) is 3.60. The molecular formula is C20H23ClN2O4. The number of halogens is 1. The normalized spacial score (nSPS) is 10.2. The lowest BCUT2D eigenvalue weighted by molar-refractivity contribution is -0.134. The Balaban J connectivity index is 1.82. The first-order valence-corrected chi connectivity index (χ1v) is 8.99. The zero-order valence-corrected chi connectivity index (χ0v) is 16.2. The number of methoxy groups -OCH3 is 1. The molecule has 0 unspecified atom stereocenters. The number of carbonyl (C=O) groups is 2. The maximum atomic E-state index is 12.3. The summed E-state index contributed by atoms with van der Waals surface area (Å²) in [5, 5.41) is 3.34. The summed E-state index contributed by atoms with van der Waals surface area (Å²) in [7, 11) is 1.56. The van der Waals surface area contributed by atoms with Crippen LogP contribution >= 0.6 is 11.6 Å². The molecule has 0 saturated heterocycles. The van der Waals surface area contributed by atoms with Crippen molar-refractivity contribution in [3.8, 4) is 11.5 Å². The second kappa shape index (κ2) is 10.4. The summed E-state index contributed by atoms with van der Waals surface area (Å²) in [6.07, 6.45) is 0.173. The van der Waals surface area contributed by atoms with Gasteiger partial charge < -0.3 is 19.7 Å². The van der Waals surface area contributed by atoms with E-state index >= 15 is 0 Å². The molecule has 2 aromatic carbocycles. The number of hydrogen-bond donors (Lipinski definition) is 1. The molecule has 0 spiro atoms. The van der Waals surface area contributed by atoms with Crippen LogP contribution in [0.5, 0.6) is 11.5 Å². The molecule has 0 aliphatic carbocycles. The zero-order valence-electron chi connectivity index (χ0n) is 15.4. The van der Waals surface area contributed by atoms with Gasteiger partial charge in [-0.1, -0.05) is 23.7 Å². The van der Waals surface area contributed by atoms with Gasteiger partial charge in [-0.25, -0.2) is 0 Å². The van der Waals surface area contributed by atoms with Crippen LogP contribution in [0, 0.1) is 0 Å². The number of carbonyl (C=O) groups excluding carboxylic acids is 2. The Morgan fingerprint density at radius 3 is 2.56 bits per heavy atom. The van der Waals surface area contributed by atoms with E-state index in [1.54, 1.807) is 55.6 Å². The van der Waals surface area contributed by atoms with Crippen molar-refractivity contribution < 1.29 is 19.1 Å². The summed E-state index contributed by atoms with van der Waals surface area (Å²) in [5.41, 5.74) is 0.618. The number of hydrogen-bond acceptors (Lipinski definition) is 4. The maximum Gasteiger partial charge on any atom is 0.243 e. The topological polar surface area (TPSA) is 67.9 Å². The smallest absolute Gasteiger partial charge is 0.243 e. The van der Waals surface area contributed by atoms with Gasteiger partial charge in [0.25, 0.3) is 0 Å². The SMILES string of the molecule is CCN(CC(=O)Nc1cccc(OC)c1)C(=O)CCOc1cccc(Cl)c1. The number of rotatable bonds is 9. The van der Waals surface area contributed by atoms with Crippen molar-refractivity contribution in [3.63, 3.8) is 0 Å². The molecule has 2 rings (SSSR count). The molecule has 0 bridgehead atoms. The maximum absolute atomic E-state index is 12.3. The van der Waals surface area contributed by atoms with Crippen LogP contribution in [-0.2, 0) is 9.59 Å². The van der Waals surface area contributed by atoms with Crippen LogP contribution in [0.2, 0.25) is 5.02 Å². The highest BCUT2D eigenvalue weighted by atomic mass is 35.5. The molecule has 0 radical (unpaired) electrons. The molecule has 7 heteroatoms. The lowest BCUT2D eigenvalue weighted by atomic mass is 10.3. The van der Waals surface area contributed by atoms with Crippen molar-refractivity contribution in [1.82, 2.24) is 4.90 Å². The van der Waals surface area contributed by atoms with Gasteiger partial charge in [0.1, 0.15) is 11.5 Å². The minimum atomic E-state index is -0.269. The molecule has 0 aliphatic heterocycles. The third-order valence-corrected chi connectivity index (χ3v) is 4.04. The zero-order chi connectivity index (χ0) is 19.6. The van der Waals surface area contributed by atoms with Crippen molar-refractivity contribution in [2.45, 2.75) is 13.3 Å². The third-order valence-electron chi connectivity index (χ3n) is 3.80. The molecule has 0 aromatic heterocycles. The van der Waals surface area contributed by atoms with Gasteiger partial charge >= 0.3 is 0 Å². The van der Waals surface area contributed by atoms with Crippen LogP contribution < -0.4 is 14.8 Å². The van der Waals surface area contributed by atoms with Crippen molar-refractivity contribution in [3.05, 3.63) is 53.6 Å². The van der Waals surface area contributed by atoms with Gasteiger partial charge in [0.2, 0.25) is 11.8 Å². The highest BCUT2D eigenvalue weighted by molar-refractivity contribution is 6.30. The second-order valence-electron chi connectivity index (χ2n) is 5.74. The first-order chi connectivity index (χ1) is 13.0. The fourth-order valence-electron chi connectivity index (χ4n) is 2.42. The summed E-state index contributed by atoms with van der Waals surface area (Å²) in [6.45, 7) is 2.45. The minimum Gasteiger partial charge on any atom is -0.497 e. The van der Waals surface area contributed by atoms with E-state index in [-0.39, 0.29) is 31.4 Å². The molecule has 2 aromatic rings. The van der Waals surface area contributed by atoms with Crippen molar-refractivity contribution in [2.75, 3.05) is 32.1 Å². The lowest BCUT2D eigenvalue weighted by Crippen LogP contribution is -2.38. The molecule has 27 heavy (non-hydrogen) atoms. The number of ether oxygens (including phenoxy) is 2. The molecule has 6 nitrogen and oxygen atoms in total. The minimum absolute atomic E-state index is 0.0241. The summed E-state index contributed by atoms with van der Waals surface area (Å²) in [5.74, 6) is 0.832. The van der Waals surface area contributed by atoms with Gasteiger partial charge in [-0.3, -0.25) is 9.59 Å². The largest absolute Gasteiger partial charge is 0.497 e. The molecular weight excluding hydrogens is 368 g/mol. The summed E-state index contributed by atoms with van der Waals surface area (Å²) >= 11 is 5.89. The number of likely N-dealkylation sites (N-methyl/N-ethyl adjacent to an activating group) is 1. The number of amides is 2. The van der Waals surface area contributed by atoms with Gasteiger partial charge in [0.15, 0.2) is 0 Å². The molecule has 0 atom stereocenters. The third kappa shape index (κ3) is 6.83. The quantitative estimate of drug-likeness (QED) is 0.710. The van der Waals surface area contributed by atoms with Crippen LogP contribution in [0.3, 0.4) is 0 Å². The number of nitrogens with zero attached hydrogens (tertiary/aromatic N) is 1. The number of nitrogens with one attached hydrogen (secondary N) is 1. The Labute approximate surface area is 164 Å². The monoisotopic (exact) mass is 390 g/mol. The lowest BCUT2D eigenvalue weighted by Gasteiger charge is -2.20. The average molecular weight is 391 g/mol. The van der Waals surface area contributed by atoms with E-state index in [9.17, 15) is 9.59 Å². The first-order valence-electron chi connectivity index (χ1n) is 8.62. The van der Waals surface area contributed by atoms with Crippen molar-refractivity contribution in [2.24, 2.45) is 0 Å². The van der Waals surface area contributed by atoms with Gasteiger partial charge in [-0.15, -0.1) is 0 Å². The van der Waals surface area contributed by atoms with Crippen LogP contribution in [0.4, 0.5) is 5.69 Å². The highest BCUT2D eigenvalue weighted by Crippen LogP contribution is 2.18. The first kappa shape index (κ1) is 20.6. The number of anilines is 1. The molecule has 0 saturated carbocycles. The van der Waals surface area contributed by atoms with Crippen LogP contribution in [0.15, 0.2) is 48.5 Å². The second-order valence-corrected chi connectivity index (χ2v) is 6.18.